The molecule has 0 atom stereocenters. The molecule has 5 heteroatoms. The Kier molecular flexibility index (Phi) is 3.88. The van der Waals surface area contributed by atoms with Crippen molar-refractivity contribution in [3.63, 3.8) is 0 Å². The molecule has 4 nitrogen and oxygen atoms in total. The third kappa shape index (κ3) is 2.78. The quantitative estimate of drug-likeness (QED) is 0.870. The summed E-state index contributed by atoms with van der Waals surface area (Å²) in [6.45, 7) is 0. The first kappa shape index (κ1) is 11.5. The second kappa shape index (κ2) is 5.39. The lowest BCUT2D eigenvalue weighted by molar-refractivity contribution is 0.392. The second-order valence-corrected chi connectivity index (χ2v) is 5.28. The molecule has 1 aliphatic rings. The van der Waals surface area contributed by atoms with Gasteiger partial charge < -0.3 is 10.5 Å². The van der Waals surface area contributed by atoms with E-state index in [4.69, 9.17) is 10.5 Å². The molecule has 0 unspecified atom stereocenters. The first-order valence-electron chi connectivity index (χ1n) is 5.53. The highest BCUT2D eigenvalue weighted by atomic mass is 32.2. The van der Waals surface area contributed by atoms with Crippen molar-refractivity contribution in [1.29, 1.82) is 0 Å². The molecule has 0 aliphatic carbocycles. The molecule has 0 radical (unpaired) electrons. The molecule has 1 saturated heterocycles. The third-order valence-corrected chi connectivity index (χ3v) is 3.92. The van der Waals surface area contributed by atoms with Gasteiger partial charge in [0.25, 0.3) is 5.88 Å². The number of methoxy groups -OCH3 is 1. The minimum absolute atomic E-state index is 0.419. The summed E-state index contributed by atoms with van der Waals surface area (Å²) in [5.74, 6) is 3.69. The fourth-order valence-corrected chi connectivity index (χ4v) is 3.15. The Balaban J connectivity index is 2.01. The lowest BCUT2D eigenvalue weighted by Gasteiger charge is -2.20. The van der Waals surface area contributed by atoms with Gasteiger partial charge in [-0.05, 0) is 42.8 Å². The van der Waals surface area contributed by atoms with E-state index >= 15 is 0 Å². The predicted molar refractivity (Wildman–Crippen MR) is 66.7 cm³/mol. The first-order chi connectivity index (χ1) is 7.79. The van der Waals surface area contributed by atoms with Gasteiger partial charge in [0.2, 0.25) is 0 Å². The van der Waals surface area contributed by atoms with Crippen LogP contribution in [0.15, 0.2) is 6.07 Å². The summed E-state index contributed by atoms with van der Waals surface area (Å²) < 4.78 is 4.99. The monoisotopic (exact) mass is 239 g/mol. The smallest absolute Gasteiger partial charge is 0.256 e. The van der Waals surface area contributed by atoms with Crippen molar-refractivity contribution in [3.8, 4) is 5.88 Å². The minimum atomic E-state index is 0.419. The van der Waals surface area contributed by atoms with Crippen molar-refractivity contribution >= 4 is 17.4 Å². The van der Waals surface area contributed by atoms with Gasteiger partial charge in [-0.3, -0.25) is 0 Å². The van der Waals surface area contributed by atoms with Gasteiger partial charge in [-0.1, -0.05) is 0 Å². The van der Waals surface area contributed by atoms with Crippen molar-refractivity contribution in [1.82, 2.24) is 10.2 Å². The number of hydrogen-bond acceptors (Lipinski definition) is 5. The largest absolute Gasteiger partial charge is 0.478 e. The van der Waals surface area contributed by atoms with Gasteiger partial charge in [0.05, 0.1) is 18.5 Å². The molecule has 1 aliphatic heterocycles. The molecule has 0 spiro atoms. The summed E-state index contributed by atoms with van der Waals surface area (Å²) in [4.78, 5) is 0. The Morgan fingerprint density at radius 3 is 2.81 bits per heavy atom. The van der Waals surface area contributed by atoms with Crippen molar-refractivity contribution in [2.24, 2.45) is 5.92 Å². The van der Waals surface area contributed by atoms with Crippen LogP contribution >= 0.6 is 11.8 Å². The number of ether oxygens (including phenoxy) is 1. The maximum absolute atomic E-state index is 5.81. The highest BCUT2D eigenvalue weighted by Gasteiger charge is 2.15. The van der Waals surface area contributed by atoms with E-state index in [2.05, 4.69) is 10.2 Å². The topological polar surface area (TPSA) is 61.0 Å². The van der Waals surface area contributed by atoms with Crippen LogP contribution in [0.25, 0.3) is 0 Å². The number of anilines is 1. The van der Waals surface area contributed by atoms with Gasteiger partial charge in [-0.15, -0.1) is 5.10 Å². The van der Waals surface area contributed by atoms with Crippen LogP contribution in [0.3, 0.4) is 0 Å². The van der Waals surface area contributed by atoms with Gasteiger partial charge in [-0.2, -0.15) is 16.9 Å². The summed E-state index contributed by atoms with van der Waals surface area (Å²) in [6, 6.07) is 1.88. The van der Waals surface area contributed by atoms with Crippen molar-refractivity contribution in [3.05, 3.63) is 11.8 Å². The van der Waals surface area contributed by atoms with Crippen molar-refractivity contribution < 1.29 is 4.74 Å². The maximum atomic E-state index is 5.81. The van der Waals surface area contributed by atoms with E-state index in [0.29, 0.717) is 11.6 Å². The lowest BCUT2D eigenvalue weighted by atomic mass is 9.97. The van der Waals surface area contributed by atoms with E-state index in [0.717, 1.165) is 18.0 Å². The predicted octanol–water partition coefficient (Wildman–Crippen LogP) is 1.75. The highest BCUT2D eigenvalue weighted by molar-refractivity contribution is 7.99. The molecule has 2 rings (SSSR count). The average Bonchev–Trinajstić information content (AvgIpc) is 2.31. The van der Waals surface area contributed by atoms with Crippen LogP contribution in [0.2, 0.25) is 0 Å². The zero-order chi connectivity index (χ0) is 11.4. The van der Waals surface area contributed by atoms with Gasteiger partial charge in [-0.25, -0.2) is 0 Å². The van der Waals surface area contributed by atoms with E-state index in [9.17, 15) is 0 Å². The van der Waals surface area contributed by atoms with Gasteiger partial charge in [0, 0.05) is 0 Å². The van der Waals surface area contributed by atoms with Gasteiger partial charge in [0.15, 0.2) is 0 Å². The van der Waals surface area contributed by atoms with Crippen LogP contribution in [-0.2, 0) is 6.42 Å². The van der Waals surface area contributed by atoms with E-state index in [1.54, 1.807) is 7.11 Å². The van der Waals surface area contributed by atoms with Crippen LogP contribution < -0.4 is 10.5 Å². The van der Waals surface area contributed by atoms with E-state index in [-0.39, 0.29) is 0 Å². The summed E-state index contributed by atoms with van der Waals surface area (Å²) in [5, 5.41) is 8.10. The number of nitrogen functional groups attached to an aromatic ring is 1. The number of hydrogen-bond donors (Lipinski definition) is 1. The third-order valence-electron chi connectivity index (χ3n) is 2.87. The molecule has 16 heavy (non-hydrogen) atoms. The van der Waals surface area contributed by atoms with Crippen LogP contribution in [0.4, 0.5) is 5.69 Å². The molecule has 0 amide bonds. The van der Waals surface area contributed by atoms with E-state index in [1.807, 2.05) is 17.8 Å². The van der Waals surface area contributed by atoms with Crippen molar-refractivity contribution in [2.75, 3.05) is 24.3 Å². The van der Waals surface area contributed by atoms with Crippen LogP contribution in [0, 0.1) is 5.92 Å². The molecule has 1 aromatic heterocycles. The first-order valence-corrected chi connectivity index (χ1v) is 6.69. The van der Waals surface area contributed by atoms with Crippen LogP contribution in [0.5, 0.6) is 5.88 Å². The zero-order valence-corrected chi connectivity index (χ0v) is 10.3. The van der Waals surface area contributed by atoms with Crippen LogP contribution in [-0.4, -0.2) is 28.8 Å². The Morgan fingerprint density at radius 2 is 2.19 bits per heavy atom. The molecule has 1 aromatic rings. The number of nitrogens with zero attached hydrogens (tertiary/aromatic N) is 2. The second-order valence-electron chi connectivity index (χ2n) is 4.06. The minimum Gasteiger partial charge on any atom is -0.478 e. The number of aromatic nitrogens is 2. The highest BCUT2D eigenvalue weighted by Crippen LogP contribution is 2.26. The van der Waals surface area contributed by atoms with Gasteiger partial charge >= 0.3 is 0 Å². The van der Waals surface area contributed by atoms with E-state index < -0.39 is 0 Å². The molecule has 88 valence electrons. The molecule has 0 saturated carbocycles. The fourth-order valence-electron chi connectivity index (χ4n) is 1.94. The van der Waals surface area contributed by atoms with E-state index in [1.165, 1.54) is 24.3 Å². The maximum Gasteiger partial charge on any atom is 0.256 e. The summed E-state index contributed by atoms with van der Waals surface area (Å²) >= 11 is 2.04. The molecular weight excluding hydrogens is 222 g/mol. The summed E-state index contributed by atoms with van der Waals surface area (Å²) in [7, 11) is 1.55. The number of nitrogens with two attached hydrogens (primary N) is 1. The Labute approximate surface area is 100.0 Å². The molecular formula is C11H17N3OS. The van der Waals surface area contributed by atoms with Gasteiger partial charge in [0.1, 0.15) is 0 Å². The SMILES string of the molecule is COc1nnc(CC2CCSCC2)cc1N. The normalized spacial score (nSPS) is 17.3. The Hall–Kier alpha value is -0.970. The molecule has 2 heterocycles. The Morgan fingerprint density at radius 1 is 1.44 bits per heavy atom. The molecule has 0 bridgehead atoms. The standard InChI is InChI=1S/C11H17N3OS/c1-15-11-10(12)7-9(13-14-11)6-8-2-4-16-5-3-8/h7-8H,2-6H2,1H3,(H2,12,13). The lowest BCUT2D eigenvalue weighted by Crippen LogP contribution is -2.13. The average molecular weight is 239 g/mol. The fraction of sp³-hybridized carbons (Fsp3) is 0.636. The number of thioether (sulfide) groups is 1. The van der Waals surface area contributed by atoms with Crippen molar-refractivity contribution in [2.45, 2.75) is 19.3 Å². The van der Waals surface area contributed by atoms with Crippen LogP contribution in [0.1, 0.15) is 18.5 Å². The molecule has 0 aromatic carbocycles. The summed E-state index contributed by atoms with van der Waals surface area (Å²) in [6.07, 6.45) is 3.54. The Bertz CT molecular complexity index is 353. The number of rotatable bonds is 3. The molecule has 1 fully saturated rings. The molecule has 2 N–H and O–H groups in total. The summed E-state index contributed by atoms with van der Waals surface area (Å²) in [5.41, 5.74) is 7.37. The zero-order valence-electron chi connectivity index (χ0n) is 9.48.